The van der Waals surface area contributed by atoms with Gasteiger partial charge in [0.1, 0.15) is 0 Å². The highest BCUT2D eigenvalue weighted by Crippen LogP contribution is 2.64. The van der Waals surface area contributed by atoms with E-state index in [1.54, 1.807) is 0 Å². The number of hydrogen-bond acceptors (Lipinski definition) is 1. The average Bonchev–Trinajstić information content (AvgIpc) is 3.65. The van der Waals surface area contributed by atoms with E-state index in [4.69, 9.17) is 0 Å². The fraction of sp³-hybridized carbons (Fsp3) is 0.0323. The van der Waals surface area contributed by atoms with Crippen molar-refractivity contribution < 1.29 is 0 Å². The quantitative estimate of drug-likeness (QED) is 0.169. The van der Waals surface area contributed by atoms with Crippen LogP contribution in [-0.2, 0) is 10.8 Å². The zero-order chi connectivity index (χ0) is 41.8. The minimum Gasteiger partial charge on any atom is -0.355 e. The Kier molecular flexibility index (Phi) is 8.69. The first-order valence-electron chi connectivity index (χ1n) is 21.9. The number of benzene rings is 10. The highest BCUT2D eigenvalue weighted by atomic mass is 14.9. The maximum Gasteiger partial charge on any atom is 0.0720 e. The maximum absolute atomic E-state index is 3.76. The van der Waals surface area contributed by atoms with Crippen LogP contribution in [0, 0.1) is 0 Å². The Labute approximate surface area is 369 Å². The summed E-state index contributed by atoms with van der Waals surface area (Å²) in [5, 5.41) is 3.76. The van der Waals surface area contributed by atoms with Crippen LogP contribution in [0.1, 0.15) is 44.5 Å². The van der Waals surface area contributed by atoms with Crippen molar-refractivity contribution in [1.82, 2.24) is 0 Å². The molecular weight excluding hydrogens is 759 g/mol. The summed E-state index contributed by atoms with van der Waals surface area (Å²) in [6.45, 7) is 0. The molecular formula is C62H43N. The lowest BCUT2D eigenvalue weighted by Crippen LogP contribution is -2.44. The molecule has 2 aliphatic carbocycles. The van der Waals surface area contributed by atoms with E-state index in [9.17, 15) is 0 Å². The monoisotopic (exact) mass is 801 g/mol. The molecule has 0 saturated carbocycles. The second-order valence-electron chi connectivity index (χ2n) is 16.9. The molecule has 1 N–H and O–H groups in total. The lowest BCUT2D eigenvalue weighted by Gasteiger charge is -2.50. The number of nitrogens with one attached hydrogen (secondary N) is 1. The van der Waals surface area contributed by atoms with E-state index in [2.05, 4.69) is 260 Å². The van der Waals surface area contributed by atoms with Gasteiger partial charge in [-0.05, 0) is 125 Å². The van der Waals surface area contributed by atoms with E-state index in [-0.39, 0.29) is 0 Å². The van der Waals surface area contributed by atoms with Crippen LogP contribution in [0.4, 0.5) is 11.4 Å². The number of fused-ring (bicyclic) bond motifs is 9. The Morgan fingerprint density at radius 1 is 0.222 bits per heavy atom. The van der Waals surface area contributed by atoms with Crippen molar-refractivity contribution in [2.45, 2.75) is 10.8 Å². The molecule has 0 radical (unpaired) electrons. The maximum atomic E-state index is 3.76. The first kappa shape index (κ1) is 36.8. The van der Waals surface area contributed by atoms with E-state index in [0.717, 1.165) is 11.4 Å². The van der Waals surface area contributed by atoms with Crippen molar-refractivity contribution in [3.8, 4) is 44.5 Å². The third-order valence-electron chi connectivity index (χ3n) is 13.6. The molecule has 0 aliphatic heterocycles. The standard InChI is InChI=1S/C62H43N/c1-5-19-43(20-6-1)47-39-48(44-21-7-2-8-22-44)41-52(40-47)63-51-36-33-45(34-37-51)46-35-38-54-53-27-13-14-28-55(53)62(60(54)42-46)58-31-17-15-29-56(58)61(49-23-9-3-10-24-49,50-25-11-4-12-26-50)57-30-16-18-32-59(57)62/h1-42,63H. The fourth-order valence-electron chi connectivity index (χ4n) is 11.0. The molecule has 10 aromatic rings. The highest BCUT2D eigenvalue weighted by molar-refractivity contribution is 5.91. The summed E-state index contributed by atoms with van der Waals surface area (Å²) in [5.41, 5.74) is 21.2. The van der Waals surface area contributed by atoms with Crippen molar-refractivity contribution >= 4 is 11.4 Å². The van der Waals surface area contributed by atoms with Crippen LogP contribution in [0.2, 0.25) is 0 Å². The van der Waals surface area contributed by atoms with E-state index in [0.29, 0.717) is 0 Å². The van der Waals surface area contributed by atoms with Gasteiger partial charge in [0.2, 0.25) is 0 Å². The molecule has 0 unspecified atom stereocenters. The van der Waals surface area contributed by atoms with Crippen LogP contribution in [0.3, 0.4) is 0 Å². The Hall–Kier alpha value is -8.00. The highest BCUT2D eigenvalue weighted by Gasteiger charge is 2.56. The molecule has 1 spiro atoms. The van der Waals surface area contributed by atoms with Crippen LogP contribution in [-0.4, -0.2) is 0 Å². The zero-order valence-corrected chi connectivity index (χ0v) is 34.7. The van der Waals surface area contributed by atoms with Crippen LogP contribution >= 0.6 is 0 Å². The van der Waals surface area contributed by atoms with Gasteiger partial charge >= 0.3 is 0 Å². The number of rotatable bonds is 7. The molecule has 296 valence electrons. The largest absolute Gasteiger partial charge is 0.355 e. The summed E-state index contributed by atoms with van der Waals surface area (Å²) >= 11 is 0. The molecule has 0 aromatic heterocycles. The van der Waals surface area contributed by atoms with Crippen molar-refractivity contribution in [2.75, 3.05) is 5.32 Å². The molecule has 0 saturated heterocycles. The first-order valence-corrected chi connectivity index (χ1v) is 21.9. The Balaban J connectivity index is 1.00. The fourth-order valence-corrected chi connectivity index (χ4v) is 11.0. The van der Waals surface area contributed by atoms with Gasteiger partial charge < -0.3 is 5.32 Å². The van der Waals surface area contributed by atoms with Gasteiger partial charge in [-0.15, -0.1) is 0 Å². The Morgan fingerprint density at radius 3 is 1.14 bits per heavy atom. The number of anilines is 2. The summed E-state index contributed by atoms with van der Waals surface area (Å²) in [4.78, 5) is 0. The second-order valence-corrected chi connectivity index (χ2v) is 16.9. The topological polar surface area (TPSA) is 12.0 Å². The zero-order valence-electron chi connectivity index (χ0n) is 34.7. The summed E-state index contributed by atoms with van der Waals surface area (Å²) in [5.74, 6) is 0. The molecule has 12 rings (SSSR count). The van der Waals surface area contributed by atoms with Crippen LogP contribution in [0.5, 0.6) is 0 Å². The minimum atomic E-state index is -0.538. The van der Waals surface area contributed by atoms with Gasteiger partial charge in [-0.2, -0.15) is 0 Å². The van der Waals surface area contributed by atoms with Crippen LogP contribution in [0.15, 0.2) is 255 Å². The van der Waals surface area contributed by atoms with E-state index < -0.39 is 10.8 Å². The molecule has 1 nitrogen and oxygen atoms in total. The van der Waals surface area contributed by atoms with Gasteiger partial charge in [0, 0.05) is 11.4 Å². The molecule has 63 heavy (non-hydrogen) atoms. The van der Waals surface area contributed by atoms with Crippen molar-refractivity contribution in [2.24, 2.45) is 0 Å². The summed E-state index contributed by atoms with van der Waals surface area (Å²) < 4.78 is 0. The van der Waals surface area contributed by atoms with Gasteiger partial charge in [-0.1, -0.05) is 218 Å². The van der Waals surface area contributed by atoms with E-state index in [1.165, 1.54) is 89.0 Å². The predicted octanol–water partition coefficient (Wildman–Crippen LogP) is 15.5. The normalized spacial score (nSPS) is 13.7. The Bertz CT molecular complexity index is 3130. The lowest BCUT2D eigenvalue weighted by atomic mass is 9.51. The van der Waals surface area contributed by atoms with Crippen molar-refractivity contribution in [3.05, 3.63) is 299 Å². The first-order chi connectivity index (χ1) is 31.2. The summed E-state index contributed by atoms with van der Waals surface area (Å²) in [7, 11) is 0. The van der Waals surface area contributed by atoms with Gasteiger partial charge in [0.15, 0.2) is 0 Å². The summed E-state index contributed by atoms with van der Waals surface area (Å²) in [6.07, 6.45) is 0. The molecule has 1 heteroatoms. The van der Waals surface area contributed by atoms with Crippen LogP contribution in [0.25, 0.3) is 44.5 Å². The molecule has 0 fully saturated rings. The third kappa shape index (κ3) is 5.70. The average molecular weight is 802 g/mol. The molecule has 0 bridgehead atoms. The van der Waals surface area contributed by atoms with Gasteiger partial charge in [0.05, 0.1) is 10.8 Å². The SMILES string of the molecule is c1ccc(-c2cc(Nc3ccc(-c4ccc5c(c4)C4(c6ccccc6-5)c5ccccc5C(c5ccccc5)(c5ccccc5)c5ccccc54)cc3)cc(-c3ccccc3)c2)cc1. The summed E-state index contributed by atoms with van der Waals surface area (Å²) in [6, 6.07) is 94.0. The van der Waals surface area contributed by atoms with Crippen LogP contribution < -0.4 is 5.32 Å². The second kappa shape index (κ2) is 14.9. The molecule has 0 heterocycles. The third-order valence-corrected chi connectivity index (χ3v) is 13.6. The molecule has 2 aliphatic rings. The van der Waals surface area contributed by atoms with Gasteiger partial charge in [-0.3, -0.25) is 0 Å². The molecule has 0 atom stereocenters. The Morgan fingerprint density at radius 2 is 0.619 bits per heavy atom. The smallest absolute Gasteiger partial charge is 0.0720 e. The lowest BCUT2D eigenvalue weighted by molar-refractivity contribution is 0.624. The molecule has 10 aromatic carbocycles. The van der Waals surface area contributed by atoms with E-state index >= 15 is 0 Å². The number of hydrogen-bond donors (Lipinski definition) is 1. The van der Waals surface area contributed by atoms with E-state index in [1.807, 2.05) is 0 Å². The van der Waals surface area contributed by atoms with Crippen molar-refractivity contribution in [3.63, 3.8) is 0 Å². The van der Waals surface area contributed by atoms with Crippen molar-refractivity contribution in [1.29, 1.82) is 0 Å². The minimum absolute atomic E-state index is 0.526. The predicted molar refractivity (Wildman–Crippen MR) is 262 cm³/mol. The molecule has 0 amide bonds. The van der Waals surface area contributed by atoms with Gasteiger partial charge in [0.25, 0.3) is 0 Å². The van der Waals surface area contributed by atoms with Gasteiger partial charge in [-0.25, -0.2) is 0 Å².